The first-order chi connectivity index (χ1) is 10.0. The number of methoxy groups -OCH3 is 1. The van der Waals surface area contributed by atoms with Crippen molar-refractivity contribution in [1.82, 2.24) is 5.32 Å². The van der Waals surface area contributed by atoms with Gasteiger partial charge in [-0.25, -0.2) is 4.39 Å². The number of rotatable bonds is 5. The molecule has 0 aromatic heterocycles. The third-order valence-electron chi connectivity index (χ3n) is 3.79. The van der Waals surface area contributed by atoms with Gasteiger partial charge in [0.05, 0.1) is 7.11 Å². The molecule has 3 heteroatoms. The number of aryl methyl sites for hydroxylation is 1. The van der Waals surface area contributed by atoms with Crippen molar-refractivity contribution in [2.24, 2.45) is 0 Å². The zero-order valence-corrected chi connectivity index (χ0v) is 13.0. The minimum Gasteiger partial charge on any atom is -0.497 e. The lowest BCUT2D eigenvalue weighted by Gasteiger charge is -2.21. The summed E-state index contributed by atoms with van der Waals surface area (Å²) >= 11 is 0. The molecule has 0 amide bonds. The molecule has 0 radical (unpaired) electrons. The van der Waals surface area contributed by atoms with Gasteiger partial charge in [0.1, 0.15) is 11.6 Å². The minimum absolute atomic E-state index is 0.0706. The van der Waals surface area contributed by atoms with Gasteiger partial charge in [0.2, 0.25) is 0 Å². The van der Waals surface area contributed by atoms with Crippen LogP contribution in [-0.4, -0.2) is 7.11 Å². The highest BCUT2D eigenvalue weighted by Crippen LogP contribution is 2.23. The lowest BCUT2D eigenvalue weighted by molar-refractivity contribution is 0.412. The smallest absolute Gasteiger partial charge is 0.126 e. The van der Waals surface area contributed by atoms with Gasteiger partial charge in [0, 0.05) is 12.1 Å². The number of nitrogens with one attached hydrogen (secondary N) is 1. The van der Waals surface area contributed by atoms with Crippen molar-refractivity contribution in [3.05, 3.63) is 65.0 Å². The van der Waals surface area contributed by atoms with Gasteiger partial charge in [-0.2, -0.15) is 0 Å². The highest BCUT2D eigenvalue weighted by molar-refractivity contribution is 5.31. The fourth-order valence-corrected chi connectivity index (χ4v) is 2.36. The number of benzene rings is 2. The molecule has 2 rings (SSSR count). The van der Waals surface area contributed by atoms with Crippen molar-refractivity contribution < 1.29 is 9.13 Å². The Balaban J connectivity index is 2.10. The zero-order chi connectivity index (χ0) is 15.4. The van der Waals surface area contributed by atoms with E-state index in [0.717, 1.165) is 16.9 Å². The maximum absolute atomic E-state index is 13.7. The van der Waals surface area contributed by atoms with E-state index in [9.17, 15) is 4.39 Å². The molecule has 0 saturated carbocycles. The van der Waals surface area contributed by atoms with Crippen LogP contribution < -0.4 is 10.1 Å². The highest BCUT2D eigenvalue weighted by atomic mass is 19.1. The van der Waals surface area contributed by atoms with Crippen molar-refractivity contribution in [3.63, 3.8) is 0 Å². The van der Waals surface area contributed by atoms with Crippen molar-refractivity contribution in [3.8, 4) is 5.75 Å². The van der Waals surface area contributed by atoms with Crippen LogP contribution in [0.5, 0.6) is 5.75 Å². The third kappa shape index (κ3) is 3.82. The molecule has 0 bridgehead atoms. The first-order valence-electron chi connectivity index (χ1n) is 7.17. The second-order valence-electron chi connectivity index (χ2n) is 5.40. The lowest BCUT2D eigenvalue weighted by atomic mass is 10.0. The van der Waals surface area contributed by atoms with E-state index in [1.165, 1.54) is 0 Å². The van der Waals surface area contributed by atoms with Gasteiger partial charge in [-0.15, -0.1) is 0 Å². The van der Waals surface area contributed by atoms with Crippen molar-refractivity contribution in [2.75, 3.05) is 7.11 Å². The van der Waals surface area contributed by atoms with Crippen LogP contribution in [0.4, 0.5) is 4.39 Å². The van der Waals surface area contributed by atoms with Crippen LogP contribution in [0.1, 0.15) is 42.6 Å². The molecule has 2 nitrogen and oxygen atoms in total. The summed E-state index contributed by atoms with van der Waals surface area (Å²) in [6.45, 7) is 5.91. The van der Waals surface area contributed by atoms with Gasteiger partial charge < -0.3 is 10.1 Å². The Labute approximate surface area is 126 Å². The number of hydrogen-bond donors (Lipinski definition) is 1. The quantitative estimate of drug-likeness (QED) is 0.870. The number of ether oxygens (including phenoxy) is 1. The fourth-order valence-electron chi connectivity index (χ4n) is 2.36. The average molecular weight is 287 g/mol. The first kappa shape index (κ1) is 15.5. The molecule has 21 heavy (non-hydrogen) atoms. The molecule has 1 N–H and O–H groups in total. The topological polar surface area (TPSA) is 21.3 Å². The maximum Gasteiger partial charge on any atom is 0.126 e. The summed E-state index contributed by atoms with van der Waals surface area (Å²) in [5.74, 6) is 0.686. The zero-order valence-electron chi connectivity index (χ0n) is 13.0. The minimum atomic E-state index is -0.157. The summed E-state index contributed by atoms with van der Waals surface area (Å²) in [5, 5.41) is 3.49. The van der Waals surface area contributed by atoms with Gasteiger partial charge in [-0.3, -0.25) is 0 Å². The number of halogens is 1. The van der Waals surface area contributed by atoms with Crippen molar-refractivity contribution >= 4 is 0 Å². The molecule has 112 valence electrons. The normalized spacial score (nSPS) is 13.8. The first-order valence-corrected chi connectivity index (χ1v) is 7.17. The van der Waals surface area contributed by atoms with E-state index in [4.69, 9.17) is 4.74 Å². The molecule has 2 aromatic rings. The molecular weight excluding hydrogens is 265 g/mol. The summed E-state index contributed by atoms with van der Waals surface area (Å²) in [6, 6.07) is 13.6. The predicted octanol–water partition coefficient (Wildman–Crippen LogP) is 4.55. The second kappa shape index (κ2) is 6.72. The second-order valence-corrected chi connectivity index (χ2v) is 5.40. The average Bonchev–Trinajstić information content (AvgIpc) is 2.49. The van der Waals surface area contributed by atoms with Gasteiger partial charge in [-0.05, 0) is 55.7 Å². The van der Waals surface area contributed by atoms with Crippen molar-refractivity contribution in [1.29, 1.82) is 0 Å². The van der Waals surface area contributed by atoms with Crippen LogP contribution in [0, 0.1) is 12.7 Å². The summed E-state index contributed by atoms with van der Waals surface area (Å²) in [4.78, 5) is 0. The van der Waals surface area contributed by atoms with Gasteiger partial charge in [0.15, 0.2) is 0 Å². The molecule has 0 fully saturated rings. The molecule has 0 heterocycles. The molecule has 2 unspecified atom stereocenters. The van der Waals surface area contributed by atoms with Crippen LogP contribution in [0.25, 0.3) is 0 Å². The van der Waals surface area contributed by atoms with E-state index < -0.39 is 0 Å². The van der Waals surface area contributed by atoms with Gasteiger partial charge in [-0.1, -0.05) is 24.3 Å². The Bertz CT molecular complexity index is 612. The van der Waals surface area contributed by atoms with E-state index in [-0.39, 0.29) is 17.9 Å². The van der Waals surface area contributed by atoms with E-state index in [1.54, 1.807) is 20.1 Å². The SMILES string of the molecule is COc1cccc(C(C)NC(C)c2ccc(C)c(F)c2)c1. The molecule has 0 aliphatic carbocycles. The Hall–Kier alpha value is -1.87. The Morgan fingerprint density at radius 1 is 1.00 bits per heavy atom. The molecule has 0 aliphatic rings. The van der Waals surface area contributed by atoms with E-state index in [0.29, 0.717) is 5.56 Å². The Kier molecular flexibility index (Phi) is 4.97. The van der Waals surface area contributed by atoms with Gasteiger partial charge >= 0.3 is 0 Å². The third-order valence-corrected chi connectivity index (χ3v) is 3.79. The molecule has 2 atom stereocenters. The number of hydrogen-bond acceptors (Lipinski definition) is 2. The standard InChI is InChI=1S/C18H22FNO/c1-12-8-9-16(11-18(12)19)14(3)20-13(2)15-6-5-7-17(10-15)21-4/h5-11,13-14,20H,1-4H3. The van der Waals surface area contributed by atoms with E-state index in [2.05, 4.69) is 18.3 Å². The van der Waals surface area contributed by atoms with E-state index >= 15 is 0 Å². The monoisotopic (exact) mass is 287 g/mol. The molecule has 0 saturated heterocycles. The maximum atomic E-state index is 13.7. The highest BCUT2D eigenvalue weighted by Gasteiger charge is 2.12. The fraction of sp³-hybridized carbons (Fsp3) is 0.333. The Morgan fingerprint density at radius 3 is 2.29 bits per heavy atom. The summed E-state index contributed by atoms with van der Waals surface area (Å²) in [5.41, 5.74) is 2.77. The van der Waals surface area contributed by atoms with Crippen molar-refractivity contribution in [2.45, 2.75) is 32.9 Å². The summed E-state index contributed by atoms with van der Waals surface area (Å²) < 4.78 is 18.9. The lowest BCUT2D eigenvalue weighted by Crippen LogP contribution is -2.22. The van der Waals surface area contributed by atoms with Crippen LogP contribution in [0.3, 0.4) is 0 Å². The largest absolute Gasteiger partial charge is 0.497 e. The van der Waals surface area contributed by atoms with Crippen LogP contribution in [0.2, 0.25) is 0 Å². The summed E-state index contributed by atoms with van der Waals surface area (Å²) in [7, 11) is 1.66. The molecule has 0 spiro atoms. The van der Waals surface area contributed by atoms with E-state index in [1.807, 2.05) is 37.3 Å². The molecule has 2 aromatic carbocycles. The van der Waals surface area contributed by atoms with Crippen LogP contribution in [-0.2, 0) is 0 Å². The molecule has 0 aliphatic heterocycles. The van der Waals surface area contributed by atoms with Crippen LogP contribution in [0.15, 0.2) is 42.5 Å². The summed E-state index contributed by atoms with van der Waals surface area (Å²) in [6.07, 6.45) is 0. The van der Waals surface area contributed by atoms with Gasteiger partial charge in [0.25, 0.3) is 0 Å². The molecular formula is C18H22FNO. The van der Waals surface area contributed by atoms with Crippen LogP contribution >= 0.6 is 0 Å². The Morgan fingerprint density at radius 2 is 1.67 bits per heavy atom. The predicted molar refractivity (Wildman–Crippen MR) is 84.1 cm³/mol.